The Bertz CT molecular complexity index is 1500. The second-order valence-corrected chi connectivity index (χ2v) is 9.87. The highest BCUT2D eigenvalue weighted by atomic mass is 35.5. The molecule has 2 aromatic heterocycles. The Hall–Kier alpha value is -4.33. The zero-order chi connectivity index (χ0) is 27.1. The lowest BCUT2D eigenvalue weighted by molar-refractivity contribution is -0.140. The summed E-state index contributed by atoms with van der Waals surface area (Å²) in [5, 5.41) is 21.8. The molecule has 0 aliphatic carbocycles. The number of nitrogens with zero attached hydrogens (tertiary/aromatic N) is 4. The lowest BCUT2D eigenvalue weighted by Crippen LogP contribution is -2.49. The number of carbonyl (C=O) groups excluding carboxylic acids is 3. The highest BCUT2D eigenvalue weighted by Crippen LogP contribution is 2.24. The molecule has 192 valence electrons. The number of thiazole rings is 1. The van der Waals surface area contributed by atoms with Gasteiger partial charge >= 0.3 is 0 Å². The highest BCUT2D eigenvalue weighted by Gasteiger charge is 2.27. The van der Waals surface area contributed by atoms with Crippen molar-refractivity contribution in [1.82, 2.24) is 25.4 Å². The predicted molar refractivity (Wildman–Crippen MR) is 143 cm³/mol. The zero-order valence-electron chi connectivity index (χ0n) is 20.3. The molecule has 0 unspecified atom stereocenters. The van der Waals surface area contributed by atoms with Gasteiger partial charge in [0, 0.05) is 34.3 Å². The van der Waals surface area contributed by atoms with Crippen LogP contribution in [-0.4, -0.2) is 38.4 Å². The Morgan fingerprint density at radius 2 is 1.95 bits per heavy atom. The number of nitriles is 1. The molecule has 0 bridgehead atoms. The maximum Gasteiger partial charge on any atom is 0.289 e. The van der Waals surface area contributed by atoms with Crippen molar-refractivity contribution >= 4 is 40.5 Å². The van der Waals surface area contributed by atoms with Gasteiger partial charge in [0.2, 0.25) is 11.7 Å². The smallest absolute Gasteiger partial charge is 0.289 e. The largest absolute Gasteiger partial charge is 0.344 e. The number of halogens is 1. The van der Waals surface area contributed by atoms with Crippen LogP contribution in [-0.2, 0) is 33.9 Å². The number of ketones is 1. The van der Waals surface area contributed by atoms with Gasteiger partial charge in [-0.2, -0.15) is 10.4 Å². The first-order valence-corrected chi connectivity index (χ1v) is 12.9. The van der Waals surface area contributed by atoms with E-state index in [1.54, 1.807) is 42.8 Å². The third kappa shape index (κ3) is 6.91. The first-order valence-electron chi connectivity index (χ1n) is 11.6. The molecule has 1 atom stereocenters. The van der Waals surface area contributed by atoms with Crippen molar-refractivity contribution in [1.29, 1.82) is 5.26 Å². The highest BCUT2D eigenvalue weighted by molar-refractivity contribution is 7.09. The quantitative estimate of drug-likeness (QED) is 0.293. The number of carbonyl (C=O) groups is 3. The maximum absolute atomic E-state index is 13.0. The first-order chi connectivity index (χ1) is 18.3. The number of rotatable bonds is 10. The van der Waals surface area contributed by atoms with Crippen LogP contribution in [0.25, 0.3) is 11.3 Å². The van der Waals surface area contributed by atoms with Crippen LogP contribution in [0.15, 0.2) is 66.2 Å². The van der Waals surface area contributed by atoms with E-state index >= 15 is 0 Å². The van der Waals surface area contributed by atoms with Crippen molar-refractivity contribution in [3.8, 4) is 17.3 Å². The lowest BCUT2D eigenvalue weighted by Gasteiger charge is -2.18. The molecule has 0 spiro atoms. The minimum atomic E-state index is -1.07. The SMILES string of the molecule is Cc1cc(-c2cc(Cl)cc(C#N)c2)nn1CC(=O)N[C@H](Cc1ccccc1)C(=O)C(=O)NCc1nccs1. The van der Waals surface area contributed by atoms with Crippen LogP contribution in [0.5, 0.6) is 0 Å². The van der Waals surface area contributed by atoms with Crippen LogP contribution >= 0.6 is 22.9 Å². The predicted octanol–water partition coefficient (Wildman–Crippen LogP) is 3.45. The number of hydrogen-bond acceptors (Lipinski definition) is 7. The average Bonchev–Trinajstić information content (AvgIpc) is 3.56. The third-order valence-electron chi connectivity index (χ3n) is 5.64. The van der Waals surface area contributed by atoms with Crippen molar-refractivity contribution < 1.29 is 14.4 Å². The number of hydrogen-bond donors (Lipinski definition) is 2. The number of aromatic nitrogens is 3. The fourth-order valence-electron chi connectivity index (χ4n) is 3.79. The number of Topliss-reactive ketones (excluding diaryl/α,β-unsaturated/α-hetero) is 1. The molecule has 2 amide bonds. The fraction of sp³-hybridized carbons (Fsp3) is 0.185. The van der Waals surface area contributed by atoms with Crippen molar-refractivity contribution in [3.63, 3.8) is 0 Å². The number of nitrogens with one attached hydrogen (secondary N) is 2. The minimum Gasteiger partial charge on any atom is -0.344 e. The Morgan fingerprint density at radius 1 is 1.16 bits per heavy atom. The van der Waals surface area contributed by atoms with E-state index in [4.69, 9.17) is 11.6 Å². The van der Waals surface area contributed by atoms with Gasteiger partial charge in [0.1, 0.15) is 17.6 Å². The molecule has 2 aromatic carbocycles. The number of aryl methyl sites for hydroxylation is 1. The molecule has 4 aromatic rings. The standard InChI is InChI=1S/C27H23ClN6O3S/c1-17-9-22(20-10-19(14-29)11-21(28)13-20)33-34(17)16-24(35)32-23(12-18-5-3-2-4-6-18)26(36)27(37)31-15-25-30-7-8-38-25/h2-11,13,23H,12,15-16H2,1H3,(H,31,37)(H,32,35)/t23-/m1/s1. The van der Waals surface area contributed by atoms with Crippen molar-refractivity contribution in [2.24, 2.45) is 0 Å². The minimum absolute atomic E-state index is 0.126. The second kappa shape index (κ2) is 12.3. The molecule has 11 heteroatoms. The summed E-state index contributed by atoms with van der Waals surface area (Å²) in [6.07, 6.45) is 1.77. The van der Waals surface area contributed by atoms with Crippen molar-refractivity contribution in [2.45, 2.75) is 32.5 Å². The molecule has 0 saturated heterocycles. The molecule has 9 nitrogen and oxygen atoms in total. The van der Waals surface area contributed by atoms with Gasteiger partial charge in [-0.15, -0.1) is 11.3 Å². The van der Waals surface area contributed by atoms with Crippen LogP contribution in [0.3, 0.4) is 0 Å². The van der Waals surface area contributed by atoms with Gasteiger partial charge in [0.15, 0.2) is 0 Å². The summed E-state index contributed by atoms with van der Waals surface area (Å²) in [5.41, 5.74) is 3.08. The van der Waals surface area contributed by atoms with Crippen molar-refractivity contribution in [2.75, 3.05) is 0 Å². The third-order valence-corrected chi connectivity index (χ3v) is 6.64. The molecule has 0 fully saturated rings. The van der Waals surface area contributed by atoms with E-state index in [9.17, 15) is 19.6 Å². The Labute approximate surface area is 228 Å². The van der Waals surface area contributed by atoms with E-state index in [0.29, 0.717) is 32.5 Å². The lowest BCUT2D eigenvalue weighted by atomic mass is 10.0. The molecular formula is C27H23ClN6O3S. The molecular weight excluding hydrogens is 524 g/mol. The van der Waals surface area contributed by atoms with Gasteiger partial charge in [0.25, 0.3) is 5.91 Å². The van der Waals surface area contributed by atoms with Gasteiger partial charge in [-0.1, -0.05) is 41.9 Å². The van der Waals surface area contributed by atoms with Crippen LogP contribution in [0.1, 0.15) is 21.8 Å². The summed E-state index contributed by atoms with van der Waals surface area (Å²) >= 11 is 7.49. The van der Waals surface area contributed by atoms with E-state index in [1.165, 1.54) is 16.0 Å². The molecule has 2 N–H and O–H groups in total. The van der Waals surface area contributed by atoms with Gasteiger partial charge in [-0.05, 0) is 36.8 Å². The van der Waals surface area contributed by atoms with Crippen molar-refractivity contribution in [3.05, 3.63) is 93.0 Å². The topological polar surface area (TPSA) is 130 Å². The van der Waals surface area contributed by atoms with Crippen LogP contribution in [0.4, 0.5) is 0 Å². The van der Waals surface area contributed by atoms with Gasteiger partial charge in [-0.3, -0.25) is 19.1 Å². The fourth-order valence-corrected chi connectivity index (χ4v) is 4.58. The Kier molecular flexibility index (Phi) is 8.63. The monoisotopic (exact) mass is 546 g/mol. The van der Waals surface area contributed by atoms with E-state index in [1.807, 2.05) is 30.3 Å². The summed E-state index contributed by atoms with van der Waals surface area (Å²) in [4.78, 5) is 42.8. The summed E-state index contributed by atoms with van der Waals surface area (Å²) in [5.74, 6) is -2.03. The molecule has 0 aliphatic rings. The van der Waals surface area contributed by atoms with E-state index in [2.05, 4.69) is 26.8 Å². The van der Waals surface area contributed by atoms with Gasteiger partial charge in [0.05, 0.1) is 23.9 Å². The molecule has 0 aliphatic heterocycles. The molecule has 0 radical (unpaired) electrons. The molecule has 0 saturated carbocycles. The van der Waals surface area contributed by atoms with Gasteiger partial charge in [-0.25, -0.2) is 4.98 Å². The van der Waals surface area contributed by atoms with Crippen LogP contribution < -0.4 is 10.6 Å². The average molecular weight is 547 g/mol. The molecule has 4 rings (SSSR count). The molecule has 2 heterocycles. The normalized spacial score (nSPS) is 11.4. The van der Waals surface area contributed by atoms with E-state index in [0.717, 1.165) is 5.56 Å². The Balaban J connectivity index is 1.48. The maximum atomic E-state index is 13.0. The van der Waals surface area contributed by atoms with Crippen LogP contribution in [0.2, 0.25) is 5.02 Å². The zero-order valence-corrected chi connectivity index (χ0v) is 21.9. The summed E-state index contributed by atoms with van der Waals surface area (Å²) in [6.45, 7) is 1.75. The van der Waals surface area contributed by atoms with Crippen LogP contribution in [0, 0.1) is 18.3 Å². The summed E-state index contributed by atoms with van der Waals surface area (Å²) in [6, 6.07) is 16.8. The van der Waals surface area contributed by atoms with E-state index in [-0.39, 0.29) is 19.5 Å². The molecule has 38 heavy (non-hydrogen) atoms. The summed E-state index contributed by atoms with van der Waals surface area (Å²) < 4.78 is 1.49. The first kappa shape index (κ1) is 26.7. The van der Waals surface area contributed by atoms with Gasteiger partial charge < -0.3 is 10.6 Å². The number of benzene rings is 2. The Morgan fingerprint density at radius 3 is 2.66 bits per heavy atom. The number of amides is 2. The second-order valence-electron chi connectivity index (χ2n) is 8.45. The summed E-state index contributed by atoms with van der Waals surface area (Å²) in [7, 11) is 0. The van der Waals surface area contributed by atoms with E-state index < -0.39 is 23.6 Å².